The lowest BCUT2D eigenvalue weighted by molar-refractivity contribution is -0.137. The number of aliphatic carboxylic acids is 1. The zero-order chi connectivity index (χ0) is 14.7. The minimum Gasteiger partial charge on any atom is -0.481 e. The maximum absolute atomic E-state index is 12.3. The summed E-state index contributed by atoms with van der Waals surface area (Å²) in [7, 11) is 0. The number of aromatic nitrogens is 2. The van der Waals surface area contributed by atoms with E-state index in [0.717, 1.165) is 10.9 Å². The molecule has 1 aromatic heterocycles. The number of fused-ring (bicyclic) bond motifs is 1. The third-order valence-corrected chi connectivity index (χ3v) is 3.11. The predicted octanol–water partition coefficient (Wildman–Crippen LogP) is 1.85. The van der Waals surface area contributed by atoms with Gasteiger partial charge in [-0.25, -0.2) is 0 Å². The van der Waals surface area contributed by atoms with Crippen molar-refractivity contribution in [1.29, 1.82) is 0 Å². The molecule has 1 amide bonds. The van der Waals surface area contributed by atoms with Gasteiger partial charge >= 0.3 is 5.97 Å². The number of H-pyrrole nitrogens is 1. The molecule has 2 rings (SSSR count). The van der Waals surface area contributed by atoms with Crippen molar-refractivity contribution in [2.45, 2.75) is 32.7 Å². The highest BCUT2D eigenvalue weighted by molar-refractivity contribution is 6.05. The Bertz CT molecular complexity index is 648. The molecule has 1 aromatic carbocycles. The van der Waals surface area contributed by atoms with Crippen molar-refractivity contribution < 1.29 is 14.7 Å². The second kappa shape index (κ2) is 5.73. The SMILES string of the molecule is Cc1cc(C(=O)NC(C)CCC(=O)O)c2[nH]ncc2c1. The van der Waals surface area contributed by atoms with Crippen LogP contribution in [-0.4, -0.2) is 33.2 Å². The maximum atomic E-state index is 12.3. The number of hydrogen-bond acceptors (Lipinski definition) is 3. The zero-order valence-electron chi connectivity index (χ0n) is 11.4. The molecule has 20 heavy (non-hydrogen) atoms. The Balaban J connectivity index is 2.15. The van der Waals surface area contributed by atoms with Crippen LogP contribution in [0, 0.1) is 6.92 Å². The van der Waals surface area contributed by atoms with Crippen LogP contribution in [0.5, 0.6) is 0 Å². The summed E-state index contributed by atoms with van der Waals surface area (Å²) in [6.07, 6.45) is 2.11. The van der Waals surface area contributed by atoms with E-state index in [1.165, 1.54) is 0 Å². The molecule has 0 fully saturated rings. The number of carboxylic acids is 1. The first-order valence-electron chi connectivity index (χ1n) is 6.43. The predicted molar refractivity (Wildman–Crippen MR) is 74.6 cm³/mol. The van der Waals surface area contributed by atoms with Gasteiger partial charge in [0.05, 0.1) is 17.3 Å². The van der Waals surface area contributed by atoms with E-state index in [1.54, 1.807) is 19.2 Å². The van der Waals surface area contributed by atoms with Crippen LogP contribution in [0.4, 0.5) is 0 Å². The smallest absolute Gasteiger partial charge is 0.303 e. The van der Waals surface area contributed by atoms with Gasteiger partial charge in [-0.1, -0.05) is 0 Å². The second-order valence-electron chi connectivity index (χ2n) is 4.95. The minimum atomic E-state index is -0.863. The van der Waals surface area contributed by atoms with Gasteiger partial charge < -0.3 is 10.4 Å². The fourth-order valence-electron chi connectivity index (χ4n) is 2.10. The quantitative estimate of drug-likeness (QED) is 0.776. The van der Waals surface area contributed by atoms with E-state index in [2.05, 4.69) is 15.5 Å². The maximum Gasteiger partial charge on any atom is 0.303 e. The third kappa shape index (κ3) is 3.14. The van der Waals surface area contributed by atoms with Gasteiger partial charge in [-0.15, -0.1) is 0 Å². The molecule has 3 N–H and O–H groups in total. The Kier molecular flexibility index (Phi) is 4.02. The van der Waals surface area contributed by atoms with Crippen molar-refractivity contribution in [3.8, 4) is 0 Å². The molecule has 0 aliphatic carbocycles. The molecule has 0 aliphatic heterocycles. The van der Waals surface area contributed by atoms with Crippen molar-refractivity contribution in [3.05, 3.63) is 29.5 Å². The molecule has 1 unspecified atom stereocenters. The van der Waals surface area contributed by atoms with Crippen molar-refractivity contribution in [2.24, 2.45) is 0 Å². The van der Waals surface area contributed by atoms with Crippen LogP contribution < -0.4 is 5.32 Å². The van der Waals surface area contributed by atoms with E-state index in [-0.39, 0.29) is 18.4 Å². The molecule has 1 heterocycles. The van der Waals surface area contributed by atoms with E-state index >= 15 is 0 Å². The van der Waals surface area contributed by atoms with Crippen LogP contribution in [0.1, 0.15) is 35.7 Å². The summed E-state index contributed by atoms with van der Waals surface area (Å²) < 4.78 is 0. The van der Waals surface area contributed by atoms with Gasteiger partial charge in [0.2, 0.25) is 0 Å². The Morgan fingerprint density at radius 3 is 2.90 bits per heavy atom. The number of aromatic amines is 1. The molecule has 6 nitrogen and oxygen atoms in total. The largest absolute Gasteiger partial charge is 0.481 e. The van der Waals surface area contributed by atoms with Crippen molar-refractivity contribution in [1.82, 2.24) is 15.5 Å². The summed E-state index contributed by atoms with van der Waals surface area (Å²) >= 11 is 0. The number of rotatable bonds is 5. The summed E-state index contributed by atoms with van der Waals surface area (Å²) in [5.74, 6) is -1.08. The van der Waals surface area contributed by atoms with E-state index < -0.39 is 5.97 Å². The number of aryl methyl sites for hydroxylation is 1. The van der Waals surface area contributed by atoms with Crippen LogP contribution >= 0.6 is 0 Å². The lowest BCUT2D eigenvalue weighted by Gasteiger charge is -2.13. The molecule has 0 saturated carbocycles. The fourth-order valence-corrected chi connectivity index (χ4v) is 2.10. The number of hydrogen-bond donors (Lipinski definition) is 3. The lowest BCUT2D eigenvalue weighted by Crippen LogP contribution is -2.33. The average molecular weight is 275 g/mol. The van der Waals surface area contributed by atoms with Crippen molar-refractivity contribution in [2.75, 3.05) is 0 Å². The number of carbonyl (C=O) groups is 2. The Morgan fingerprint density at radius 2 is 2.20 bits per heavy atom. The zero-order valence-corrected chi connectivity index (χ0v) is 11.4. The Hall–Kier alpha value is -2.37. The highest BCUT2D eigenvalue weighted by Gasteiger charge is 2.15. The van der Waals surface area contributed by atoms with Crippen molar-refractivity contribution >= 4 is 22.8 Å². The fraction of sp³-hybridized carbons (Fsp3) is 0.357. The third-order valence-electron chi connectivity index (χ3n) is 3.11. The number of amides is 1. The number of carboxylic acid groups (broad SMARTS) is 1. The van der Waals surface area contributed by atoms with E-state index in [4.69, 9.17) is 5.11 Å². The number of nitrogens with zero attached hydrogens (tertiary/aromatic N) is 1. The van der Waals surface area contributed by atoms with Gasteiger partial charge in [0.1, 0.15) is 0 Å². The van der Waals surface area contributed by atoms with Crippen molar-refractivity contribution in [3.63, 3.8) is 0 Å². The molecule has 0 aliphatic rings. The second-order valence-corrected chi connectivity index (χ2v) is 4.95. The van der Waals surface area contributed by atoms with Crippen LogP contribution in [-0.2, 0) is 4.79 Å². The highest BCUT2D eigenvalue weighted by Crippen LogP contribution is 2.18. The number of carbonyl (C=O) groups excluding carboxylic acids is 1. The molecule has 106 valence electrons. The average Bonchev–Trinajstić information content (AvgIpc) is 2.83. The summed E-state index contributed by atoms with van der Waals surface area (Å²) in [4.78, 5) is 22.8. The standard InChI is InChI=1S/C14H17N3O3/c1-8-5-10-7-15-17-13(10)11(6-8)14(20)16-9(2)3-4-12(18)19/h5-7,9H,3-4H2,1-2H3,(H,15,17)(H,16,20)(H,18,19). The Morgan fingerprint density at radius 1 is 1.45 bits per heavy atom. The van der Waals surface area contributed by atoms with Gasteiger partial charge in [-0.05, 0) is 38.0 Å². The summed E-state index contributed by atoms with van der Waals surface area (Å²) in [6, 6.07) is 3.54. The Labute approximate surface area is 116 Å². The summed E-state index contributed by atoms with van der Waals surface area (Å²) in [6.45, 7) is 3.71. The van der Waals surface area contributed by atoms with E-state index in [9.17, 15) is 9.59 Å². The first-order valence-corrected chi connectivity index (χ1v) is 6.43. The first kappa shape index (κ1) is 14.0. The summed E-state index contributed by atoms with van der Waals surface area (Å²) in [5, 5.41) is 19.1. The number of nitrogens with one attached hydrogen (secondary N) is 2. The minimum absolute atomic E-state index is 0.0364. The molecule has 0 radical (unpaired) electrons. The molecule has 0 saturated heterocycles. The normalized spacial score (nSPS) is 12.3. The van der Waals surface area contributed by atoms with E-state index in [0.29, 0.717) is 17.5 Å². The molecular formula is C14H17N3O3. The van der Waals surface area contributed by atoms with Gasteiger partial charge in [0.25, 0.3) is 5.91 Å². The molecule has 6 heteroatoms. The van der Waals surface area contributed by atoms with Crippen LogP contribution in [0.25, 0.3) is 10.9 Å². The van der Waals surface area contributed by atoms with Crippen LogP contribution in [0.2, 0.25) is 0 Å². The van der Waals surface area contributed by atoms with Crippen LogP contribution in [0.3, 0.4) is 0 Å². The number of benzene rings is 1. The van der Waals surface area contributed by atoms with Gasteiger partial charge in [0, 0.05) is 17.8 Å². The lowest BCUT2D eigenvalue weighted by atomic mass is 10.1. The van der Waals surface area contributed by atoms with E-state index in [1.807, 2.05) is 13.0 Å². The topological polar surface area (TPSA) is 95.1 Å². The first-order chi connectivity index (χ1) is 9.47. The van der Waals surface area contributed by atoms with Crippen LogP contribution in [0.15, 0.2) is 18.3 Å². The molecular weight excluding hydrogens is 258 g/mol. The molecule has 0 bridgehead atoms. The monoisotopic (exact) mass is 275 g/mol. The van der Waals surface area contributed by atoms with Gasteiger partial charge in [-0.2, -0.15) is 5.10 Å². The van der Waals surface area contributed by atoms with Gasteiger partial charge in [-0.3, -0.25) is 14.7 Å². The molecule has 1 atom stereocenters. The molecule has 2 aromatic rings. The highest BCUT2D eigenvalue weighted by atomic mass is 16.4. The molecule has 0 spiro atoms. The van der Waals surface area contributed by atoms with Gasteiger partial charge in [0.15, 0.2) is 0 Å². The summed E-state index contributed by atoms with van der Waals surface area (Å²) in [5.41, 5.74) is 2.19.